The van der Waals surface area contributed by atoms with Crippen LogP contribution >= 0.6 is 11.8 Å². The summed E-state index contributed by atoms with van der Waals surface area (Å²) in [5.41, 5.74) is 1.14. The lowest BCUT2D eigenvalue weighted by Crippen LogP contribution is -2.16. The van der Waals surface area contributed by atoms with E-state index in [4.69, 9.17) is 10.6 Å². The molecule has 0 saturated carbocycles. The molecular formula is C22H18FN5O2S. The van der Waals surface area contributed by atoms with E-state index in [9.17, 15) is 9.18 Å². The van der Waals surface area contributed by atoms with Crippen LogP contribution in [-0.4, -0.2) is 26.5 Å². The monoisotopic (exact) mass is 435 g/mol. The van der Waals surface area contributed by atoms with Crippen LogP contribution in [0.2, 0.25) is 0 Å². The molecular weight excluding hydrogens is 417 g/mol. The van der Waals surface area contributed by atoms with Crippen LogP contribution in [0.15, 0.2) is 84.0 Å². The number of hydrogen-bond donors (Lipinski definition) is 2. The Hall–Kier alpha value is -3.85. The maximum atomic E-state index is 13.4. The molecule has 3 aromatic carbocycles. The highest BCUT2D eigenvalue weighted by atomic mass is 32.2. The summed E-state index contributed by atoms with van der Waals surface area (Å²) in [5.74, 6) is 7.19. The number of nitrogens with two attached hydrogens (primary N) is 1. The zero-order valence-electron chi connectivity index (χ0n) is 16.2. The van der Waals surface area contributed by atoms with E-state index < -0.39 is 5.82 Å². The third-order valence-corrected chi connectivity index (χ3v) is 5.14. The molecule has 0 bridgehead atoms. The van der Waals surface area contributed by atoms with E-state index in [1.165, 1.54) is 16.8 Å². The summed E-state index contributed by atoms with van der Waals surface area (Å²) in [6.45, 7) is 0. The van der Waals surface area contributed by atoms with Gasteiger partial charge >= 0.3 is 0 Å². The Labute approximate surface area is 182 Å². The normalized spacial score (nSPS) is 10.6. The number of aromatic nitrogens is 3. The van der Waals surface area contributed by atoms with Crippen molar-refractivity contribution in [2.45, 2.75) is 5.16 Å². The van der Waals surface area contributed by atoms with Gasteiger partial charge in [-0.3, -0.25) is 4.79 Å². The van der Waals surface area contributed by atoms with Crippen molar-refractivity contribution in [1.29, 1.82) is 0 Å². The van der Waals surface area contributed by atoms with Gasteiger partial charge in [0.15, 0.2) is 5.82 Å². The van der Waals surface area contributed by atoms with Gasteiger partial charge in [0.05, 0.1) is 5.75 Å². The second-order valence-corrected chi connectivity index (χ2v) is 7.41. The molecule has 0 radical (unpaired) electrons. The molecule has 7 nitrogen and oxygen atoms in total. The van der Waals surface area contributed by atoms with Gasteiger partial charge in [0.1, 0.15) is 17.3 Å². The summed E-state index contributed by atoms with van der Waals surface area (Å²) in [4.78, 5) is 12.3. The molecule has 0 atom stereocenters. The molecule has 156 valence electrons. The molecule has 0 aliphatic carbocycles. The number of para-hydroxylation sites is 1. The van der Waals surface area contributed by atoms with Crippen molar-refractivity contribution in [2.24, 2.45) is 0 Å². The quantitative estimate of drug-likeness (QED) is 0.332. The Morgan fingerprint density at radius 1 is 1.00 bits per heavy atom. The molecule has 1 heterocycles. The van der Waals surface area contributed by atoms with Crippen LogP contribution in [0, 0.1) is 5.82 Å². The molecule has 4 rings (SSSR count). The van der Waals surface area contributed by atoms with Crippen molar-refractivity contribution in [3.63, 3.8) is 0 Å². The van der Waals surface area contributed by atoms with Crippen molar-refractivity contribution in [2.75, 3.05) is 16.9 Å². The first-order valence-corrected chi connectivity index (χ1v) is 10.3. The number of benzene rings is 3. The summed E-state index contributed by atoms with van der Waals surface area (Å²) < 4.78 is 20.4. The van der Waals surface area contributed by atoms with E-state index in [0.717, 1.165) is 17.5 Å². The van der Waals surface area contributed by atoms with Crippen molar-refractivity contribution in [3.05, 3.63) is 84.7 Å². The van der Waals surface area contributed by atoms with Gasteiger partial charge in [-0.05, 0) is 48.5 Å². The topological polar surface area (TPSA) is 95.1 Å². The summed E-state index contributed by atoms with van der Waals surface area (Å²) >= 11 is 1.13. The highest BCUT2D eigenvalue weighted by Gasteiger charge is 2.14. The number of anilines is 1. The van der Waals surface area contributed by atoms with Crippen molar-refractivity contribution in [3.8, 4) is 22.9 Å². The maximum absolute atomic E-state index is 13.4. The molecule has 0 saturated heterocycles. The van der Waals surface area contributed by atoms with Crippen LogP contribution in [-0.2, 0) is 4.79 Å². The van der Waals surface area contributed by atoms with E-state index in [1.54, 1.807) is 36.4 Å². The van der Waals surface area contributed by atoms with Crippen LogP contribution in [0.1, 0.15) is 0 Å². The Balaban J connectivity index is 1.32. The SMILES string of the molecule is Nn1c(SCC(=O)Nc2ccc(Oc3ccccc3)cc2)nnc1-c1cccc(F)c1. The fraction of sp³-hybridized carbons (Fsp3) is 0.0455. The minimum Gasteiger partial charge on any atom is -0.457 e. The minimum atomic E-state index is -0.394. The van der Waals surface area contributed by atoms with Gasteiger partial charge in [0.2, 0.25) is 11.1 Å². The van der Waals surface area contributed by atoms with Crippen LogP contribution in [0.3, 0.4) is 0 Å². The van der Waals surface area contributed by atoms with Gasteiger partial charge in [-0.25, -0.2) is 9.07 Å². The number of halogens is 1. The number of rotatable bonds is 7. The zero-order valence-corrected chi connectivity index (χ0v) is 17.1. The number of carbonyl (C=O) groups is 1. The van der Waals surface area contributed by atoms with Crippen LogP contribution < -0.4 is 15.9 Å². The highest BCUT2D eigenvalue weighted by molar-refractivity contribution is 7.99. The first-order chi connectivity index (χ1) is 15.1. The number of ether oxygens (including phenoxy) is 1. The van der Waals surface area contributed by atoms with Crippen LogP contribution in [0.5, 0.6) is 11.5 Å². The van der Waals surface area contributed by atoms with E-state index >= 15 is 0 Å². The third-order valence-electron chi connectivity index (χ3n) is 4.20. The summed E-state index contributed by atoms with van der Waals surface area (Å²) in [6.07, 6.45) is 0. The summed E-state index contributed by atoms with van der Waals surface area (Å²) in [6, 6.07) is 22.4. The number of hydrogen-bond acceptors (Lipinski definition) is 6. The summed E-state index contributed by atoms with van der Waals surface area (Å²) in [7, 11) is 0. The van der Waals surface area contributed by atoms with Gasteiger partial charge < -0.3 is 15.9 Å². The number of nitrogens with zero attached hydrogens (tertiary/aromatic N) is 3. The lowest BCUT2D eigenvalue weighted by atomic mass is 10.2. The second kappa shape index (κ2) is 9.31. The average molecular weight is 435 g/mol. The Kier molecular flexibility index (Phi) is 6.13. The summed E-state index contributed by atoms with van der Waals surface area (Å²) in [5, 5.41) is 11.1. The van der Waals surface area contributed by atoms with Gasteiger partial charge in [-0.2, -0.15) is 0 Å². The first kappa shape index (κ1) is 20.4. The lowest BCUT2D eigenvalue weighted by molar-refractivity contribution is -0.113. The molecule has 31 heavy (non-hydrogen) atoms. The smallest absolute Gasteiger partial charge is 0.234 e. The predicted molar refractivity (Wildman–Crippen MR) is 118 cm³/mol. The number of carbonyl (C=O) groups excluding carboxylic acids is 1. The lowest BCUT2D eigenvalue weighted by Gasteiger charge is -2.08. The van der Waals surface area contributed by atoms with Crippen molar-refractivity contribution < 1.29 is 13.9 Å². The standard InChI is InChI=1S/C22H18FN5O2S/c23-16-6-4-5-15(13-16)21-26-27-22(28(21)24)31-14-20(29)25-17-9-11-19(12-10-17)30-18-7-2-1-3-8-18/h1-13H,14,24H2,(H,25,29). The molecule has 0 aliphatic rings. The fourth-order valence-electron chi connectivity index (χ4n) is 2.76. The first-order valence-electron chi connectivity index (χ1n) is 9.30. The van der Waals surface area contributed by atoms with Gasteiger partial charge in [0.25, 0.3) is 0 Å². The predicted octanol–water partition coefficient (Wildman–Crippen LogP) is 4.32. The molecule has 1 amide bonds. The maximum Gasteiger partial charge on any atom is 0.234 e. The molecule has 0 fully saturated rings. The number of nitrogens with one attached hydrogen (secondary N) is 1. The van der Waals surface area contributed by atoms with Crippen LogP contribution in [0.4, 0.5) is 10.1 Å². The largest absolute Gasteiger partial charge is 0.457 e. The second-order valence-electron chi connectivity index (χ2n) is 6.46. The molecule has 0 aliphatic heterocycles. The molecule has 0 unspecified atom stereocenters. The average Bonchev–Trinajstić information content (AvgIpc) is 3.15. The van der Waals surface area contributed by atoms with E-state index in [-0.39, 0.29) is 11.7 Å². The van der Waals surface area contributed by atoms with Gasteiger partial charge in [-0.15, -0.1) is 10.2 Å². The minimum absolute atomic E-state index is 0.0841. The van der Waals surface area contributed by atoms with Crippen molar-refractivity contribution >= 4 is 23.4 Å². The van der Waals surface area contributed by atoms with E-state index in [1.807, 2.05) is 30.3 Å². The van der Waals surface area contributed by atoms with Crippen molar-refractivity contribution in [1.82, 2.24) is 14.9 Å². The van der Waals surface area contributed by atoms with Gasteiger partial charge in [-0.1, -0.05) is 42.1 Å². The number of thioether (sulfide) groups is 1. The molecule has 0 spiro atoms. The molecule has 3 N–H and O–H groups in total. The molecule has 1 aromatic heterocycles. The number of amides is 1. The van der Waals surface area contributed by atoms with Gasteiger partial charge in [0, 0.05) is 11.3 Å². The molecule has 4 aromatic rings. The Bertz CT molecular complexity index is 1180. The Morgan fingerprint density at radius 3 is 2.48 bits per heavy atom. The third kappa shape index (κ3) is 5.20. The zero-order chi connectivity index (χ0) is 21.6. The molecule has 9 heteroatoms. The van der Waals surface area contributed by atoms with E-state index in [0.29, 0.717) is 28.0 Å². The van der Waals surface area contributed by atoms with E-state index in [2.05, 4.69) is 15.5 Å². The highest BCUT2D eigenvalue weighted by Crippen LogP contribution is 2.24. The Morgan fingerprint density at radius 2 is 1.74 bits per heavy atom. The van der Waals surface area contributed by atoms with Crippen LogP contribution in [0.25, 0.3) is 11.4 Å². The fourth-order valence-corrected chi connectivity index (χ4v) is 3.41. The number of nitrogen functional groups attached to an aromatic ring is 1.